The van der Waals surface area contributed by atoms with Crippen molar-refractivity contribution in [3.05, 3.63) is 78.4 Å². The molecule has 1 unspecified atom stereocenters. The predicted molar refractivity (Wildman–Crippen MR) is 82.8 cm³/mol. The fourth-order valence-corrected chi connectivity index (χ4v) is 1.96. The van der Waals surface area contributed by atoms with Crippen molar-refractivity contribution < 1.29 is 10.2 Å². The van der Waals surface area contributed by atoms with Crippen molar-refractivity contribution >= 4 is 6.08 Å². The second-order valence-corrected chi connectivity index (χ2v) is 4.96. The number of aromatic hydroxyl groups is 2. The minimum absolute atomic E-state index is 0.252. The third-order valence-corrected chi connectivity index (χ3v) is 3.43. The van der Waals surface area contributed by atoms with Crippen LogP contribution in [0.4, 0.5) is 0 Å². The Morgan fingerprint density at radius 2 is 1.40 bits per heavy atom. The van der Waals surface area contributed by atoms with Gasteiger partial charge < -0.3 is 10.2 Å². The number of phenols is 2. The summed E-state index contributed by atoms with van der Waals surface area (Å²) in [6.07, 6.45) is 5.92. The molecule has 2 nitrogen and oxygen atoms in total. The van der Waals surface area contributed by atoms with Gasteiger partial charge in [-0.2, -0.15) is 0 Å². The van der Waals surface area contributed by atoms with E-state index in [1.165, 1.54) is 0 Å². The van der Waals surface area contributed by atoms with Gasteiger partial charge in [0.25, 0.3) is 0 Å². The predicted octanol–water partition coefficient (Wildman–Crippen LogP) is 4.25. The monoisotopic (exact) mass is 266 g/mol. The molecule has 0 bridgehead atoms. The summed E-state index contributed by atoms with van der Waals surface area (Å²) in [5, 5.41) is 18.6. The molecule has 0 saturated carbocycles. The number of benzene rings is 2. The second-order valence-electron chi connectivity index (χ2n) is 4.96. The van der Waals surface area contributed by atoms with E-state index >= 15 is 0 Å². The molecule has 2 N–H and O–H groups in total. The van der Waals surface area contributed by atoms with Gasteiger partial charge in [-0.3, -0.25) is 0 Å². The summed E-state index contributed by atoms with van der Waals surface area (Å²) in [6.45, 7) is 5.96. The highest BCUT2D eigenvalue weighted by Gasteiger charge is 2.18. The van der Waals surface area contributed by atoms with E-state index < -0.39 is 0 Å². The maximum atomic E-state index is 9.36. The number of phenolic OH excluding ortho intramolecular Hbond substituents is 2. The van der Waals surface area contributed by atoms with Crippen LogP contribution < -0.4 is 0 Å². The minimum Gasteiger partial charge on any atom is -0.508 e. The largest absolute Gasteiger partial charge is 0.508 e. The van der Waals surface area contributed by atoms with Crippen LogP contribution in [0.3, 0.4) is 0 Å². The SMILES string of the molecule is C=CC(C)(/C=C\c1ccc(O)cc1)c1ccc(O)cc1. The second kappa shape index (κ2) is 5.66. The quantitative estimate of drug-likeness (QED) is 0.812. The Morgan fingerprint density at radius 1 is 0.900 bits per heavy atom. The van der Waals surface area contributed by atoms with Crippen LogP contribution >= 0.6 is 0 Å². The molecule has 0 saturated heterocycles. The average Bonchev–Trinajstić information content (AvgIpc) is 2.47. The van der Waals surface area contributed by atoms with Crippen LogP contribution in [-0.4, -0.2) is 10.2 Å². The summed E-state index contributed by atoms with van der Waals surface area (Å²) in [5.41, 5.74) is 1.75. The molecule has 2 aromatic rings. The molecule has 2 rings (SSSR count). The maximum Gasteiger partial charge on any atom is 0.115 e. The van der Waals surface area contributed by atoms with Crippen molar-refractivity contribution in [3.8, 4) is 11.5 Å². The molecule has 0 heterocycles. The number of rotatable bonds is 4. The summed E-state index contributed by atoms with van der Waals surface area (Å²) in [6, 6.07) is 14.1. The smallest absolute Gasteiger partial charge is 0.115 e. The van der Waals surface area contributed by atoms with Gasteiger partial charge in [-0.25, -0.2) is 0 Å². The van der Waals surface area contributed by atoms with Gasteiger partial charge in [0.15, 0.2) is 0 Å². The Balaban J connectivity index is 2.29. The fraction of sp³-hybridized carbons (Fsp3) is 0.111. The van der Waals surface area contributed by atoms with Gasteiger partial charge >= 0.3 is 0 Å². The van der Waals surface area contributed by atoms with E-state index in [4.69, 9.17) is 0 Å². The van der Waals surface area contributed by atoms with Crippen molar-refractivity contribution in [2.75, 3.05) is 0 Å². The minimum atomic E-state index is -0.314. The van der Waals surface area contributed by atoms with Crippen molar-refractivity contribution in [1.29, 1.82) is 0 Å². The third kappa shape index (κ3) is 3.09. The van der Waals surface area contributed by atoms with Gasteiger partial charge in [-0.1, -0.05) is 42.5 Å². The zero-order valence-electron chi connectivity index (χ0n) is 11.5. The van der Waals surface area contributed by atoms with Gasteiger partial charge in [0.2, 0.25) is 0 Å². The first-order valence-electron chi connectivity index (χ1n) is 6.45. The highest BCUT2D eigenvalue weighted by Crippen LogP contribution is 2.29. The van der Waals surface area contributed by atoms with Gasteiger partial charge in [0.1, 0.15) is 11.5 Å². The number of hydrogen-bond acceptors (Lipinski definition) is 2. The molecule has 2 aromatic carbocycles. The van der Waals surface area contributed by atoms with Crippen LogP contribution in [-0.2, 0) is 5.41 Å². The first-order valence-corrected chi connectivity index (χ1v) is 6.45. The Hall–Kier alpha value is -2.48. The molecule has 0 fully saturated rings. The van der Waals surface area contributed by atoms with Crippen LogP contribution in [0.1, 0.15) is 18.1 Å². The molecule has 0 spiro atoms. The van der Waals surface area contributed by atoms with Gasteiger partial charge in [-0.15, -0.1) is 6.58 Å². The summed E-state index contributed by atoms with van der Waals surface area (Å²) in [7, 11) is 0. The summed E-state index contributed by atoms with van der Waals surface area (Å²) in [5.74, 6) is 0.509. The van der Waals surface area contributed by atoms with Crippen LogP contribution in [0, 0.1) is 0 Å². The number of allylic oxidation sites excluding steroid dienone is 2. The Kier molecular flexibility index (Phi) is 3.94. The highest BCUT2D eigenvalue weighted by atomic mass is 16.3. The Bertz CT molecular complexity index is 609. The van der Waals surface area contributed by atoms with E-state index in [-0.39, 0.29) is 16.9 Å². The molecule has 20 heavy (non-hydrogen) atoms. The molecule has 1 atom stereocenters. The summed E-state index contributed by atoms with van der Waals surface area (Å²) in [4.78, 5) is 0. The zero-order valence-corrected chi connectivity index (χ0v) is 11.5. The molecule has 0 aliphatic heterocycles. The van der Waals surface area contributed by atoms with E-state index in [1.807, 2.05) is 36.4 Å². The lowest BCUT2D eigenvalue weighted by molar-refractivity contribution is 0.474. The maximum absolute atomic E-state index is 9.36. The van der Waals surface area contributed by atoms with E-state index in [0.717, 1.165) is 11.1 Å². The first-order chi connectivity index (χ1) is 9.53. The summed E-state index contributed by atoms with van der Waals surface area (Å²) < 4.78 is 0. The molecular weight excluding hydrogens is 248 g/mol. The standard InChI is InChI=1S/C18H18O2/c1-3-18(2,15-6-10-17(20)11-7-15)13-12-14-4-8-16(19)9-5-14/h3-13,19-20H,1H2,2H3/b13-12-. The Labute approximate surface area is 119 Å². The molecule has 2 heteroatoms. The molecule has 0 radical (unpaired) electrons. The molecule has 0 aliphatic rings. The highest BCUT2D eigenvalue weighted by molar-refractivity contribution is 5.54. The Morgan fingerprint density at radius 3 is 1.90 bits per heavy atom. The molecule has 0 aliphatic carbocycles. The lowest BCUT2D eigenvalue weighted by atomic mass is 9.82. The first kappa shape index (κ1) is 13.9. The van der Waals surface area contributed by atoms with Crippen LogP contribution in [0.5, 0.6) is 11.5 Å². The van der Waals surface area contributed by atoms with Gasteiger partial charge in [0, 0.05) is 5.41 Å². The fourth-order valence-electron chi connectivity index (χ4n) is 1.96. The van der Waals surface area contributed by atoms with Crippen molar-refractivity contribution in [2.24, 2.45) is 0 Å². The van der Waals surface area contributed by atoms with E-state index in [2.05, 4.69) is 19.6 Å². The van der Waals surface area contributed by atoms with Gasteiger partial charge in [-0.05, 0) is 42.3 Å². The van der Waals surface area contributed by atoms with Crippen molar-refractivity contribution in [1.82, 2.24) is 0 Å². The summed E-state index contributed by atoms with van der Waals surface area (Å²) >= 11 is 0. The van der Waals surface area contributed by atoms with Crippen LogP contribution in [0.25, 0.3) is 6.08 Å². The van der Waals surface area contributed by atoms with E-state index in [1.54, 1.807) is 24.3 Å². The topological polar surface area (TPSA) is 40.5 Å². The third-order valence-electron chi connectivity index (χ3n) is 3.43. The lowest BCUT2D eigenvalue weighted by Gasteiger charge is -2.22. The van der Waals surface area contributed by atoms with Crippen molar-refractivity contribution in [2.45, 2.75) is 12.3 Å². The van der Waals surface area contributed by atoms with Crippen molar-refractivity contribution in [3.63, 3.8) is 0 Å². The number of hydrogen-bond donors (Lipinski definition) is 2. The normalized spacial score (nSPS) is 14.1. The van der Waals surface area contributed by atoms with Crippen LogP contribution in [0.15, 0.2) is 67.3 Å². The average molecular weight is 266 g/mol. The molecule has 0 aromatic heterocycles. The zero-order chi connectivity index (χ0) is 14.6. The van der Waals surface area contributed by atoms with E-state index in [0.29, 0.717) is 0 Å². The molecule has 0 amide bonds. The van der Waals surface area contributed by atoms with E-state index in [9.17, 15) is 10.2 Å². The lowest BCUT2D eigenvalue weighted by Crippen LogP contribution is -2.14. The van der Waals surface area contributed by atoms with Gasteiger partial charge in [0.05, 0.1) is 0 Å². The van der Waals surface area contributed by atoms with Crippen LogP contribution in [0.2, 0.25) is 0 Å². The molecular formula is C18H18O2. The molecule has 102 valence electrons.